The summed E-state index contributed by atoms with van der Waals surface area (Å²) in [5.41, 5.74) is 0.809. The highest BCUT2D eigenvalue weighted by molar-refractivity contribution is 9.09. The summed E-state index contributed by atoms with van der Waals surface area (Å²) in [6, 6.07) is 0. The number of hydrogen-bond acceptors (Lipinski definition) is 4. The molecule has 1 heterocycles. The maximum Gasteiger partial charge on any atom is 0.264 e. The monoisotopic (exact) mass is 345 g/mol. The Morgan fingerprint density at radius 1 is 1.42 bits per heavy atom. The molecule has 2 atom stereocenters. The van der Waals surface area contributed by atoms with Crippen molar-refractivity contribution in [2.75, 3.05) is 11.9 Å². The lowest BCUT2D eigenvalue weighted by atomic mass is 9.80. The van der Waals surface area contributed by atoms with Crippen LogP contribution in [0.25, 0.3) is 0 Å². The molecule has 1 aromatic rings. The molecule has 1 amide bonds. The zero-order valence-corrected chi connectivity index (χ0v) is 13.6. The molecule has 1 N–H and O–H groups in total. The van der Waals surface area contributed by atoms with E-state index in [1.807, 2.05) is 6.92 Å². The Balaban J connectivity index is 1.89. The highest BCUT2D eigenvalue weighted by Gasteiger charge is 2.25. The van der Waals surface area contributed by atoms with Crippen molar-refractivity contribution in [3.8, 4) is 0 Å². The van der Waals surface area contributed by atoms with Crippen molar-refractivity contribution in [1.29, 1.82) is 0 Å². The van der Waals surface area contributed by atoms with Crippen LogP contribution in [0.15, 0.2) is 0 Å². The van der Waals surface area contributed by atoms with Gasteiger partial charge in [0.25, 0.3) is 5.91 Å². The lowest BCUT2D eigenvalue weighted by molar-refractivity contribution is 0.0940. The highest BCUT2D eigenvalue weighted by atomic mass is 79.9. The summed E-state index contributed by atoms with van der Waals surface area (Å²) in [4.78, 5) is 12.8. The molecule has 1 aromatic heterocycles. The minimum absolute atomic E-state index is 0.00857. The van der Waals surface area contributed by atoms with Crippen molar-refractivity contribution >= 4 is 33.4 Å². The summed E-state index contributed by atoms with van der Waals surface area (Å²) in [7, 11) is 0. The summed E-state index contributed by atoms with van der Waals surface area (Å²) < 4.78 is 3.86. The van der Waals surface area contributed by atoms with E-state index in [0.29, 0.717) is 16.7 Å². The first kappa shape index (κ1) is 14.9. The number of nitrogens with zero attached hydrogens (tertiary/aromatic N) is 2. The Morgan fingerprint density at radius 2 is 2.16 bits per heavy atom. The minimum Gasteiger partial charge on any atom is -0.351 e. The molecular formula is C13H20BrN3OS. The van der Waals surface area contributed by atoms with Crippen molar-refractivity contribution in [3.63, 3.8) is 0 Å². The molecule has 0 aliphatic heterocycles. The van der Waals surface area contributed by atoms with E-state index in [9.17, 15) is 4.79 Å². The number of halogens is 1. The van der Waals surface area contributed by atoms with Crippen molar-refractivity contribution in [1.82, 2.24) is 14.9 Å². The van der Waals surface area contributed by atoms with Gasteiger partial charge in [-0.15, -0.1) is 5.10 Å². The van der Waals surface area contributed by atoms with Crippen LogP contribution in [0.5, 0.6) is 0 Å². The first-order valence-electron chi connectivity index (χ1n) is 6.91. The van der Waals surface area contributed by atoms with Gasteiger partial charge in [0.15, 0.2) is 0 Å². The summed E-state index contributed by atoms with van der Waals surface area (Å²) in [6.45, 7) is 2.77. The molecule has 0 saturated heterocycles. The molecule has 0 spiro atoms. The molecule has 0 aromatic carbocycles. The van der Waals surface area contributed by atoms with E-state index in [-0.39, 0.29) is 5.91 Å². The van der Waals surface area contributed by atoms with Crippen molar-refractivity contribution in [2.45, 2.75) is 39.0 Å². The smallest absolute Gasteiger partial charge is 0.264 e. The molecule has 19 heavy (non-hydrogen) atoms. The Bertz CT molecular complexity index is 424. The normalized spacial score (nSPS) is 23.3. The molecule has 1 aliphatic rings. The maximum atomic E-state index is 12.1. The lowest BCUT2D eigenvalue weighted by Gasteiger charge is -2.30. The molecule has 1 fully saturated rings. The molecule has 1 saturated carbocycles. The summed E-state index contributed by atoms with van der Waals surface area (Å²) >= 11 is 4.78. The third-order valence-electron chi connectivity index (χ3n) is 3.89. The van der Waals surface area contributed by atoms with E-state index >= 15 is 0 Å². The lowest BCUT2D eigenvalue weighted by Crippen LogP contribution is -2.34. The summed E-state index contributed by atoms with van der Waals surface area (Å²) in [5.74, 6) is 1.29. The molecule has 2 rings (SSSR count). The van der Waals surface area contributed by atoms with Gasteiger partial charge in [-0.25, -0.2) is 0 Å². The van der Waals surface area contributed by atoms with Gasteiger partial charge in [0.2, 0.25) is 0 Å². The quantitative estimate of drug-likeness (QED) is 0.834. The van der Waals surface area contributed by atoms with Gasteiger partial charge >= 0.3 is 0 Å². The van der Waals surface area contributed by atoms with Crippen LogP contribution >= 0.6 is 27.5 Å². The zero-order valence-electron chi connectivity index (χ0n) is 11.2. The van der Waals surface area contributed by atoms with Crippen LogP contribution in [-0.4, -0.2) is 27.4 Å². The van der Waals surface area contributed by atoms with Crippen LogP contribution < -0.4 is 5.32 Å². The molecule has 2 unspecified atom stereocenters. The van der Waals surface area contributed by atoms with Crippen LogP contribution in [0.2, 0.25) is 0 Å². The first-order valence-corrected chi connectivity index (χ1v) is 8.81. The van der Waals surface area contributed by atoms with Gasteiger partial charge in [-0.1, -0.05) is 40.2 Å². The standard InChI is InChI=1S/C13H20BrN3OS/c1-2-11-12(19-17-16-11)13(18)15-8-10-6-4-3-5-9(10)7-14/h9-10H,2-8H2,1H3,(H,15,18). The number of carbonyl (C=O) groups is 1. The third-order valence-corrected chi connectivity index (χ3v) is 5.48. The van der Waals surface area contributed by atoms with Gasteiger partial charge in [-0.2, -0.15) is 0 Å². The topological polar surface area (TPSA) is 54.9 Å². The highest BCUT2D eigenvalue weighted by Crippen LogP contribution is 2.30. The molecule has 0 bridgehead atoms. The molecule has 1 aliphatic carbocycles. The molecule has 106 valence electrons. The van der Waals surface area contributed by atoms with Gasteiger partial charge in [-0.05, 0) is 42.6 Å². The average molecular weight is 346 g/mol. The predicted molar refractivity (Wildman–Crippen MR) is 80.9 cm³/mol. The molecule has 6 heteroatoms. The number of aryl methyl sites for hydroxylation is 1. The number of aromatic nitrogens is 2. The zero-order chi connectivity index (χ0) is 13.7. The Labute approximate surface area is 126 Å². The second kappa shape index (κ2) is 7.33. The van der Waals surface area contributed by atoms with Crippen LogP contribution in [0.3, 0.4) is 0 Å². The number of carbonyl (C=O) groups excluding carboxylic acids is 1. The molecule has 4 nitrogen and oxygen atoms in total. The second-order valence-corrected chi connectivity index (χ2v) is 6.47. The van der Waals surface area contributed by atoms with E-state index < -0.39 is 0 Å². The van der Waals surface area contributed by atoms with E-state index in [2.05, 4.69) is 30.8 Å². The van der Waals surface area contributed by atoms with E-state index in [1.54, 1.807) is 0 Å². The Kier molecular flexibility index (Phi) is 5.76. The Hall–Kier alpha value is -0.490. The number of alkyl halides is 1. The number of hydrogen-bond donors (Lipinski definition) is 1. The van der Waals surface area contributed by atoms with Crippen molar-refractivity contribution in [2.24, 2.45) is 11.8 Å². The van der Waals surface area contributed by atoms with Crippen LogP contribution in [0, 0.1) is 11.8 Å². The van der Waals surface area contributed by atoms with E-state index in [1.165, 1.54) is 37.2 Å². The van der Waals surface area contributed by atoms with Crippen LogP contribution in [0.4, 0.5) is 0 Å². The third kappa shape index (κ3) is 3.75. The van der Waals surface area contributed by atoms with Gasteiger partial charge in [0.1, 0.15) is 4.88 Å². The first-order chi connectivity index (χ1) is 9.26. The van der Waals surface area contributed by atoms with E-state index in [0.717, 1.165) is 24.0 Å². The number of amides is 1. The van der Waals surface area contributed by atoms with Crippen LogP contribution in [0.1, 0.15) is 48.0 Å². The van der Waals surface area contributed by atoms with Crippen molar-refractivity contribution < 1.29 is 4.79 Å². The predicted octanol–water partition coefficient (Wildman–Crippen LogP) is 3.03. The Morgan fingerprint density at radius 3 is 2.84 bits per heavy atom. The van der Waals surface area contributed by atoms with Gasteiger partial charge in [0, 0.05) is 11.9 Å². The van der Waals surface area contributed by atoms with Gasteiger partial charge in [-0.3, -0.25) is 4.79 Å². The fraction of sp³-hybridized carbons (Fsp3) is 0.769. The number of nitrogens with one attached hydrogen (secondary N) is 1. The average Bonchev–Trinajstić information content (AvgIpc) is 2.93. The van der Waals surface area contributed by atoms with Gasteiger partial charge < -0.3 is 5.32 Å². The summed E-state index contributed by atoms with van der Waals surface area (Å²) in [5, 5.41) is 8.08. The molecular weight excluding hydrogens is 326 g/mol. The fourth-order valence-electron chi connectivity index (χ4n) is 2.67. The second-order valence-electron chi connectivity index (χ2n) is 5.07. The van der Waals surface area contributed by atoms with E-state index in [4.69, 9.17) is 0 Å². The van der Waals surface area contributed by atoms with Gasteiger partial charge in [0.05, 0.1) is 5.69 Å². The largest absolute Gasteiger partial charge is 0.351 e. The SMILES string of the molecule is CCc1nnsc1C(=O)NCC1CCCCC1CBr. The van der Waals surface area contributed by atoms with Crippen molar-refractivity contribution in [3.05, 3.63) is 10.6 Å². The van der Waals surface area contributed by atoms with Crippen LogP contribution in [-0.2, 0) is 6.42 Å². The number of rotatable bonds is 5. The maximum absolute atomic E-state index is 12.1. The molecule has 0 radical (unpaired) electrons. The fourth-order valence-corrected chi connectivity index (χ4v) is 4.19. The summed E-state index contributed by atoms with van der Waals surface area (Å²) in [6.07, 6.45) is 5.85. The minimum atomic E-state index is -0.00857.